The second kappa shape index (κ2) is 5.33. The van der Waals surface area contributed by atoms with Gasteiger partial charge in [0.15, 0.2) is 0 Å². The molecule has 0 saturated heterocycles. The molecule has 0 heterocycles. The molecule has 1 fully saturated rings. The molecule has 2 atom stereocenters. The van der Waals surface area contributed by atoms with Gasteiger partial charge in [-0.15, -0.1) is 0 Å². The minimum Gasteiger partial charge on any atom is -0.300 e. The molecule has 0 aromatic rings. The van der Waals surface area contributed by atoms with Gasteiger partial charge in [0.2, 0.25) is 0 Å². The highest BCUT2D eigenvalue weighted by atomic mass is 16.1. The molecule has 0 radical (unpaired) electrons. The van der Waals surface area contributed by atoms with Gasteiger partial charge >= 0.3 is 0 Å². The van der Waals surface area contributed by atoms with Gasteiger partial charge in [-0.2, -0.15) is 0 Å². The Morgan fingerprint density at radius 2 is 2.21 bits per heavy atom. The van der Waals surface area contributed by atoms with Gasteiger partial charge in [0, 0.05) is 12.8 Å². The van der Waals surface area contributed by atoms with E-state index in [1.54, 1.807) is 0 Å². The summed E-state index contributed by atoms with van der Waals surface area (Å²) in [7, 11) is 0. The predicted octanol–water partition coefficient (Wildman–Crippen LogP) is 3.59. The van der Waals surface area contributed by atoms with Gasteiger partial charge < -0.3 is 0 Å². The number of carbonyl (C=O) groups excluding carboxylic acids is 1. The third kappa shape index (κ3) is 2.97. The molecule has 1 aliphatic rings. The summed E-state index contributed by atoms with van der Waals surface area (Å²) in [6.45, 7) is 6.61. The van der Waals surface area contributed by atoms with Crippen molar-refractivity contribution in [2.45, 2.75) is 46.5 Å². The molecule has 0 aliphatic heterocycles. The van der Waals surface area contributed by atoms with Gasteiger partial charge in [0.25, 0.3) is 0 Å². The third-order valence-corrected chi connectivity index (χ3v) is 3.38. The summed E-state index contributed by atoms with van der Waals surface area (Å²) >= 11 is 0. The Hall–Kier alpha value is -0.590. The van der Waals surface area contributed by atoms with Crippen LogP contribution in [0.25, 0.3) is 0 Å². The summed E-state index contributed by atoms with van der Waals surface area (Å²) in [6, 6.07) is 0. The predicted molar refractivity (Wildman–Crippen MR) is 60.1 cm³/mol. The van der Waals surface area contributed by atoms with E-state index in [1.165, 1.54) is 0 Å². The maximum absolute atomic E-state index is 11.4. The number of allylic oxidation sites excluding steroid dienone is 2. The Balaban J connectivity index is 2.58. The van der Waals surface area contributed by atoms with Crippen molar-refractivity contribution in [1.29, 1.82) is 0 Å². The monoisotopic (exact) mass is 194 g/mol. The van der Waals surface area contributed by atoms with Crippen molar-refractivity contribution in [3.05, 3.63) is 12.2 Å². The van der Waals surface area contributed by atoms with Crippen LogP contribution in [0, 0.1) is 17.8 Å². The lowest BCUT2D eigenvalue weighted by Crippen LogP contribution is -2.28. The first-order chi connectivity index (χ1) is 6.65. The highest BCUT2D eigenvalue weighted by Crippen LogP contribution is 2.35. The van der Waals surface area contributed by atoms with E-state index in [1.807, 2.05) is 0 Å². The summed E-state index contributed by atoms with van der Waals surface area (Å²) < 4.78 is 0. The summed E-state index contributed by atoms with van der Waals surface area (Å²) in [5.74, 6) is 2.55. The van der Waals surface area contributed by atoms with Crippen LogP contribution in [-0.2, 0) is 4.79 Å². The molecule has 1 rings (SSSR count). The minimum absolute atomic E-state index is 0.469. The van der Waals surface area contributed by atoms with Gasteiger partial charge in [-0.1, -0.05) is 26.0 Å². The standard InChI is InChI=1S/C13H22O/c1-4-5-6-11-9-12(14)7-8-13(11)10(2)3/h4-5,10-11,13H,6-9H2,1-3H3/b5-4+/t11-,13+/m0/s1. The van der Waals surface area contributed by atoms with Crippen molar-refractivity contribution < 1.29 is 4.79 Å². The average Bonchev–Trinajstić information content (AvgIpc) is 2.14. The first-order valence-corrected chi connectivity index (χ1v) is 5.78. The van der Waals surface area contributed by atoms with Crippen LogP contribution < -0.4 is 0 Å². The van der Waals surface area contributed by atoms with Gasteiger partial charge in [-0.25, -0.2) is 0 Å². The van der Waals surface area contributed by atoms with Gasteiger partial charge in [0.1, 0.15) is 5.78 Å². The Kier molecular flexibility index (Phi) is 4.37. The highest BCUT2D eigenvalue weighted by molar-refractivity contribution is 5.79. The molecular weight excluding hydrogens is 172 g/mol. The molecule has 14 heavy (non-hydrogen) atoms. The largest absolute Gasteiger partial charge is 0.300 e. The van der Waals surface area contributed by atoms with E-state index in [-0.39, 0.29) is 0 Å². The lowest BCUT2D eigenvalue weighted by molar-refractivity contribution is -0.123. The normalized spacial score (nSPS) is 29.0. The molecule has 0 bridgehead atoms. The second-order valence-electron chi connectivity index (χ2n) is 4.75. The topological polar surface area (TPSA) is 17.1 Å². The van der Waals surface area contributed by atoms with Gasteiger partial charge in [-0.3, -0.25) is 4.79 Å². The number of rotatable bonds is 3. The molecule has 0 aromatic heterocycles. The zero-order valence-corrected chi connectivity index (χ0v) is 9.62. The summed E-state index contributed by atoms with van der Waals surface area (Å²) in [5, 5.41) is 0. The molecule has 0 spiro atoms. The fraction of sp³-hybridized carbons (Fsp3) is 0.769. The molecule has 0 unspecified atom stereocenters. The highest BCUT2D eigenvalue weighted by Gasteiger charge is 2.30. The molecule has 1 heteroatoms. The van der Waals surface area contributed by atoms with E-state index in [0.29, 0.717) is 11.7 Å². The number of carbonyl (C=O) groups is 1. The third-order valence-electron chi connectivity index (χ3n) is 3.38. The van der Waals surface area contributed by atoms with Crippen molar-refractivity contribution in [1.82, 2.24) is 0 Å². The fourth-order valence-corrected chi connectivity index (χ4v) is 2.56. The lowest BCUT2D eigenvalue weighted by atomic mass is 9.72. The maximum atomic E-state index is 11.4. The van der Waals surface area contributed by atoms with Gasteiger partial charge in [0.05, 0.1) is 0 Å². The fourth-order valence-electron chi connectivity index (χ4n) is 2.56. The van der Waals surface area contributed by atoms with E-state index >= 15 is 0 Å². The molecule has 1 saturated carbocycles. The van der Waals surface area contributed by atoms with E-state index in [0.717, 1.165) is 37.5 Å². The molecule has 0 amide bonds. The van der Waals surface area contributed by atoms with Crippen LogP contribution in [0.3, 0.4) is 0 Å². The first kappa shape index (κ1) is 11.5. The second-order valence-corrected chi connectivity index (χ2v) is 4.75. The first-order valence-electron chi connectivity index (χ1n) is 5.78. The zero-order chi connectivity index (χ0) is 10.6. The molecule has 1 aliphatic carbocycles. The van der Waals surface area contributed by atoms with Crippen molar-refractivity contribution >= 4 is 5.78 Å². The van der Waals surface area contributed by atoms with Crippen LogP contribution in [0.1, 0.15) is 46.5 Å². The quantitative estimate of drug-likeness (QED) is 0.627. The maximum Gasteiger partial charge on any atom is 0.133 e. The number of Topliss-reactive ketones (excluding diaryl/α,β-unsaturated/α-hetero) is 1. The molecule has 0 N–H and O–H groups in total. The summed E-state index contributed by atoms with van der Waals surface area (Å²) in [6.07, 6.45) is 8.13. The van der Waals surface area contributed by atoms with Crippen molar-refractivity contribution in [3.8, 4) is 0 Å². The van der Waals surface area contributed by atoms with Crippen LogP contribution in [-0.4, -0.2) is 5.78 Å². The minimum atomic E-state index is 0.469. The Bertz CT molecular complexity index is 215. The molecule has 1 nitrogen and oxygen atoms in total. The molecule has 80 valence electrons. The smallest absolute Gasteiger partial charge is 0.133 e. The van der Waals surface area contributed by atoms with Crippen LogP contribution in [0.5, 0.6) is 0 Å². The Morgan fingerprint density at radius 1 is 1.50 bits per heavy atom. The molecule has 0 aromatic carbocycles. The Morgan fingerprint density at radius 3 is 2.79 bits per heavy atom. The van der Waals surface area contributed by atoms with Crippen molar-refractivity contribution in [2.24, 2.45) is 17.8 Å². The van der Waals surface area contributed by atoms with Gasteiger partial charge in [-0.05, 0) is 37.5 Å². The number of ketones is 1. The van der Waals surface area contributed by atoms with Crippen molar-refractivity contribution in [2.75, 3.05) is 0 Å². The summed E-state index contributed by atoms with van der Waals surface area (Å²) in [4.78, 5) is 11.4. The SMILES string of the molecule is C/C=C/C[C@H]1CC(=O)CC[C@@H]1C(C)C. The van der Waals surface area contributed by atoms with Crippen LogP contribution in [0.15, 0.2) is 12.2 Å². The average molecular weight is 194 g/mol. The van der Waals surface area contributed by atoms with Crippen LogP contribution in [0.4, 0.5) is 0 Å². The van der Waals surface area contributed by atoms with E-state index in [4.69, 9.17) is 0 Å². The zero-order valence-electron chi connectivity index (χ0n) is 9.62. The molecular formula is C13H22O. The Labute approximate surface area is 87.6 Å². The van der Waals surface area contributed by atoms with E-state index < -0.39 is 0 Å². The number of hydrogen-bond acceptors (Lipinski definition) is 1. The van der Waals surface area contributed by atoms with Crippen LogP contribution >= 0.6 is 0 Å². The van der Waals surface area contributed by atoms with E-state index in [2.05, 4.69) is 32.9 Å². The van der Waals surface area contributed by atoms with Crippen molar-refractivity contribution in [3.63, 3.8) is 0 Å². The lowest BCUT2D eigenvalue weighted by Gasteiger charge is -2.33. The summed E-state index contributed by atoms with van der Waals surface area (Å²) in [5.41, 5.74) is 0. The van der Waals surface area contributed by atoms with Crippen LogP contribution in [0.2, 0.25) is 0 Å². The number of hydrogen-bond donors (Lipinski definition) is 0. The van der Waals surface area contributed by atoms with E-state index in [9.17, 15) is 4.79 Å².